The predicted octanol–water partition coefficient (Wildman–Crippen LogP) is 4.17. The van der Waals surface area contributed by atoms with Gasteiger partial charge in [-0.15, -0.1) is 11.3 Å². The third-order valence-electron chi connectivity index (χ3n) is 2.90. The van der Waals surface area contributed by atoms with Crippen molar-refractivity contribution in [3.05, 3.63) is 52.9 Å². The zero-order valence-electron chi connectivity index (χ0n) is 9.88. The summed E-state index contributed by atoms with van der Waals surface area (Å²) in [6.45, 7) is 1.61. The molecule has 2 aromatic heterocycles. The second kappa shape index (κ2) is 4.35. The number of pyridine rings is 1. The van der Waals surface area contributed by atoms with Gasteiger partial charge in [0.1, 0.15) is 0 Å². The maximum Gasteiger partial charge on any atom is 0.170 e. The summed E-state index contributed by atoms with van der Waals surface area (Å²) in [6.07, 6.45) is 1.79. The Morgan fingerprint density at radius 1 is 1.22 bits per heavy atom. The van der Waals surface area contributed by atoms with E-state index < -0.39 is 0 Å². The first-order valence-electron chi connectivity index (χ1n) is 5.69. The number of thiophene rings is 1. The van der Waals surface area contributed by atoms with E-state index in [9.17, 15) is 4.79 Å². The Hall–Kier alpha value is -2.00. The van der Waals surface area contributed by atoms with Gasteiger partial charge in [0, 0.05) is 17.1 Å². The fourth-order valence-corrected chi connectivity index (χ4v) is 2.87. The Morgan fingerprint density at radius 3 is 2.94 bits per heavy atom. The van der Waals surface area contributed by atoms with E-state index >= 15 is 0 Å². The number of Topliss-reactive ketones (excluding diaryl/α,β-unsaturated/α-hetero) is 1. The fraction of sp³-hybridized carbons (Fsp3) is 0.0667. The SMILES string of the molecule is CC(=O)c1sccc1-c1ccc2ncccc2c1. The highest BCUT2D eigenvalue weighted by molar-refractivity contribution is 7.12. The van der Waals surface area contributed by atoms with E-state index in [-0.39, 0.29) is 5.78 Å². The highest BCUT2D eigenvalue weighted by Crippen LogP contribution is 2.30. The first-order chi connectivity index (χ1) is 8.75. The van der Waals surface area contributed by atoms with Crippen LogP contribution in [0.5, 0.6) is 0 Å². The van der Waals surface area contributed by atoms with Crippen LogP contribution in [-0.4, -0.2) is 10.8 Å². The van der Waals surface area contributed by atoms with Gasteiger partial charge in [-0.25, -0.2) is 0 Å². The van der Waals surface area contributed by atoms with Crippen LogP contribution in [-0.2, 0) is 0 Å². The van der Waals surface area contributed by atoms with Crippen molar-refractivity contribution in [1.82, 2.24) is 4.98 Å². The zero-order valence-corrected chi connectivity index (χ0v) is 10.7. The Kier molecular flexibility index (Phi) is 2.68. The third-order valence-corrected chi connectivity index (χ3v) is 3.91. The summed E-state index contributed by atoms with van der Waals surface area (Å²) >= 11 is 1.49. The highest BCUT2D eigenvalue weighted by Gasteiger charge is 2.10. The molecule has 3 aromatic rings. The number of rotatable bonds is 2. The average molecular weight is 253 g/mol. The smallest absolute Gasteiger partial charge is 0.170 e. The van der Waals surface area contributed by atoms with Gasteiger partial charge in [-0.1, -0.05) is 12.1 Å². The lowest BCUT2D eigenvalue weighted by molar-refractivity contribution is 0.102. The molecule has 0 saturated heterocycles. The number of hydrogen-bond acceptors (Lipinski definition) is 3. The average Bonchev–Trinajstić information content (AvgIpc) is 2.87. The first-order valence-corrected chi connectivity index (χ1v) is 6.57. The van der Waals surface area contributed by atoms with Crippen LogP contribution in [0, 0.1) is 0 Å². The number of aromatic nitrogens is 1. The van der Waals surface area contributed by atoms with Crippen LogP contribution in [0.2, 0.25) is 0 Å². The van der Waals surface area contributed by atoms with Gasteiger partial charge < -0.3 is 0 Å². The van der Waals surface area contributed by atoms with Crippen molar-refractivity contribution in [3.8, 4) is 11.1 Å². The number of ketones is 1. The highest BCUT2D eigenvalue weighted by atomic mass is 32.1. The Bertz CT molecular complexity index is 730. The van der Waals surface area contributed by atoms with Gasteiger partial charge in [-0.05, 0) is 42.1 Å². The van der Waals surface area contributed by atoms with Crippen LogP contribution < -0.4 is 0 Å². The van der Waals surface area contributed by atoms with Crippen molar-refractivity contribution >= 4 is 28.0 Å². The van der Waals surface area contributed by atoms with Crippen LogP contribution in [0.25, 0.3) is 22.0 Å². The molecule has 0 aliphatic heterocycles. The molecule has 0 aliphatic carbocycles. The normalized spacial score (nSPS) is 10.7. The molecule has 0 aliphatic rings. The molecule has 88 valence electrons. The Balaban J connectivity index is 2.19. The van der Waals surface area contributed by atoms with E-state index in [1.807, 2.05) is 35.7 Å². The van der Waals surface area contributed by atoms with E-state index in [1.54, 1.807) is 13.1 Å². The van der Waals surface area contributed by atoms with Crippen molar-refractivity contribution in [3.63, 3.8) is 0 Å². The monoisotopic (exact) mass is 253 g/mol. The maximum atomic E-state index is 11.6. The van der Waals surface area contributed by atoms with Crippen LogP contribution in [0.4, 0.5) is 0 Å². The molecule has 3 rings (SSSR count). The largest absolute Gasteiger partial charge is 0.294 e. The van der Waals surface area contributed by atoms with Crippen molar-refractivity contribution in [1.29, 1.82) is 0 Å². The molecule has 0 amide bonds. The van der Waals surface area contributed by atoms with E-state index in [0.29, 0.717) is 0 Å². The van der Waals surface area contributed by atoms with Crippen molar-refractivity contribution in [2.24, 2.45) is 0 Å². The summed E-state index contributed by atoms with van der Waals surface area (Å²) in [7, 11) is 0. The Morgan fingerprint density at radius 2 is 2.11 bits per heavy atom. The number of nitrogens with zero attached hydrogens (tertiary/aromatic N) is 1. The van der Waals surface area contributed by atoms with Gasteiger partial charge >= 0.3 is 0 Å². The lowest BCUT2D eigenvalue weighted by Gasteiger charge is -2.03. The molecule has 0 atom stereocenters. The van der Waals surface area contributed by atoms with Gasteiger partial charge in [0.05, 0.1) is 10.4 Å². The standard InChI is InChI=1S/C15H11NOS/c1-10(17)15-13(6-8-18-15)11-4-5-14-12(9-11)3-2-7-16-14/h2-9H,1H3. The minimum atomic E-state index is 0.117. The molecule has 0 radical (unpaired) electrons. The van der Waals surface area contributed by atoms with Crippen molar-refractivity contribution in [2.45, 2.75) is 6.92 Å². The van der Waals surface area contributed by atoms with Crippen LogP contribution in [0.3, 0.4) is 0 Å². The van der Waals surface area contributed by atoms with E-state index in [1.165, 1.54) is 11.3 Å². The summed E-state index contributed by atoms with van der Waals surface area (Å²) in [6, 6.07) is 12.0. The molecule has 0 N–H and O–H groups in total. The zero-order chi connectivity index (χ0) is 12.5. The van der Waals surface area contributed by atoms with Gasteiger partial charge in [-0.2, -0.15) is 0 Å². The summed E-state index contributed by atoms with van der Waals surface area (Å²) in [5, 5.41) is 3.05. The molecule has 0 unspecified atom stereocenters. The van der Waals surface area contributed by atoms with Gasteiger partial charge in [-0.3, -0.25) is 9.78 Å². The summed E-state index contributed by atoms with van der Waals surface area (Å²) in [5.41, 5.74) is 3.06. The fourth-order valence-electron chi connectivity index (χ4n) is 2.05. The maximum absolute atomic E-state index is 11.6. The number of carbonyl (C=O) groups excluding carboxylic acids is 1. The summed E-state index contributed by atoms with van der Waals surface area (Å²) < 4.78 is 0. The molecule has 0 bridgehead atoms. The molecule has 2 heterocycles. The molecule has 0 fully saturated rings. The van der Waals surface area contributed by atoms with Crippen molar-refractivity contribution in [2.75, 3.05) is 0 Å². The minimum absolute atomic E-state index is 0.117. The second-order valence-electron chi connectivity index (χ2n) is 4.13. The molecule has 0 spiro atoms. The molecule has 2 nitrogen and oxygen atoms in total. The number of fused-ring (bicyclic) bond motifs is 1. The summed E-state index contributed by atoms with van der Waals surface area (Å²) in [4.78, 5) is 16.7. The van der Waals surface area contributed by atoms with E-state index in [0.717, 1.165) is 26.9 Å². The number of hydrogen-bond donors (Lipinski definition) is 0. The van der Waals surface area contributed by atoms with Crippen LogP contribution >= 0.6 is 11.3 Å². The Labute approximate surface area is 109 Å². The molecule has 18 heavy (non-hydrogen) atoms. The second-order valence-corrected chi connectivity index (χ2v) is 5.05. The number of benzene rings is 1. The van der Waals surface area contributed by atoms with Crippen molar-refractivity contribution < 1.29 is 4.79 Å². The van der Waals surface area contributed by atoms with Crippen LogP contribution in [0.1, 0.15) is 16.6 Å². The van der Waals surface area contributed by atoms with Gasteiger partial charge in [0.2, 0.25) is 0 Å². The predicted molar refractivity (Wildman–Crippen MR) is 75.1 cm³/mol. The first kappa shape index (κ1) is 11.1. The minimum Gasteiger partial charge on any atom is -0.294 e. The number of carbonyl (C=O) groups is 1. The molecule has 1 aromatic carbocycles. The molecular formula is C15H11NOS. The molecular weight excluding hydrogens is 242 g/mol. The van der Waals surface area contributed by atoms with Gasteiger partial charge in [0.25, 0.3) is 0 Å². The van der Waals surface area contributed by atoms with Crippen LogP contribution in [0.15, 0.2) is 48.0 Å². The van der Waals surface area contributed by atoms with E-state index in [2.05, 4.69) is 11.1 Å². The quantitative estimate of drug-likeness (QED) is 0.642. The summed E-state index contributed by atoms with van der Waals surface area (Å²) in [5.74, 6) is 0.117. The van der Waals surface area contributed by atoms with E-state index in [4.69, 9.17) is 0 Å². The topological polar surface area (TPSA) is 30.0 Å². The third kappa shape index (κ3) is 1.83. The molecule has 0 saturated carbocycles. The lowest BCUT2D eigenvalue weighted by atomic mass is 10.0. The van der Waals surface area contributed by atoms with Gasteiger partial charge in [0.15, 0.2) is 5.78 Å². The lowest BCUT2D eigenvalue weighted by Crippen LogP contribution is -1.90. The molecule has 3 heteroatoms.